The molecule has 4 nitrogen and oxygen atoms in total. The number of nitrogens with one attached hydrogen (secondary N) is 1. The van der Waals surface area contributed by atoms with Gasteiger partial charge in [-0.1, -0.05) is 23.7 Å². The zero-order valence-corrected chi connectivity index (χ0v) is 16.7. The fourth-order valence-corrected chi connectivity index (χ4v) is 3.55. The topological polar surface area (TPSA) is 41.6 Å². The quantitative estimate of drug-likeness (QED) is 0.712. The molecule has 2 aromatic carbocycles. The van der Waals surface area contributed by atoms with Crippen molar-refractivity contribution in [2.24, 2.45) is 0 Å². The maximum absolute atomic E-state index is 13.0. The standard InChI is InChI=1S/C21H22ClF3N2O2/c1-27(17-8-10-29-11-9-17)13-14-2-5-16(6-3-14)26-20(28)15-4-7-19(22)18(12-15)21(23,24)25/h2-7,12,17H,8-11,13H2,1H3,(H,26,28). The summed E-state index contributed by atoms with van der Waals surface area (Å²) < 4.78 is 44.3. The molecule has 0 unspecified atom stereocenters. The molecule has 1 saturated heterocycles. The minimum atomic E-state index is -4.62. The number of carbonyl (C=O) groups is 1. The smallest absolute Gasteiger partial charge is 0.381 e. The highest BCUT2D eigenvalue weighted by Gasteiger charge is 2.33. The lowest BCUT2D eigenvalue weighted by atomic mass is 10.1. The minimum Gasteiger partial charge on any atom is -0.381 e. The number of benzene rings is 2. The fraction of sp³-hybridized carbons (Fsp3) is 0.381. The van der Waals surface area contributed by atoms with Crippen LogP contribution in [0, 0.1) is 0 Å². The summed E-state index contributed by atoms with van der Waals surface area (Å²) in [6.45, 7) is 2.33. The monoisotopic (exact) mass is 426 g/mol. The average molecular weight is 427 g/mol. The van der Waals surface area contributed by atoms with E-state index in [9.17, 15) is 18.0 Å². The minimum absolute atomic E-state index is 0.106. The number of anilines is 1. The van der Waals surface area contributed by atoms with Gasteiger partial charge in [-0.15, -0.1) is 0 Å². The summed E-state index contributed by atoms with van der Waals surface area (Å²) in [4.78, 5) is 14.6. The van der Waals surface area contributed by atoms with Crippen LogP contribution in [-0.4, -0.2) is 37.1 Å². The van der Waals surface area contributed by atoms with Crippen molar-refractivity contribution < 1.29 is 22.7 Å². The molecule has 2 aromatic rings. The average Bonchev–Trinajstić information content (AvgIpc) is 2.69. The molecule has 1 heterocycles. The van der Waals surface area contributed by atoms with Gasteiger partial charge in [0.25, 0.3) is 5.91 Å². The molecule has 0 atom stereocenters. The molecular weight excluding hydrogens is 405 g/mol. The van der Waals surface area contributed by atoms with E-state index in [2.05, 4.69) is 17.3 Å². The second-order valence-electron chi connectivity index (χ2n) is 7.10. The number of rotatable bonds is 5. The lowest BCUT2D eigenvalue weighted by molar-refractivity contribution is -0.137. The lowest BCUT2D eigenvalue weighted by Crippen LogP contribution is -2.36. The van der Waals surface area contributed by atoms with Gasteiger partial charge < -0.3 is 10.1 Å². The first-order chi connectivity index (χ1) is 13.7. The van der Waals surface area contributed by atoms with Crippen LogP contribution in [0.5, 0.6) is 0 Å². The Balaban J connectivity index is 1.63. The van der Waals surface area contributed by atoms with E-state index in [0.29, 0.717) is 11.7 Å². The number of alkyl halides is 3. The van der Waals surface area contributed by atoms with E-state index < -0.39 is 22.7 Å². The van der Waals surface area contributed by atoms with Crippen molar-refractivity contribution in [3.05, 3.63) is 64.2 Å². The van der Waals surface area contributed by atoms with Crippen molar-refractivity contribution in [3.8, 4) is 0 Å². The first kappa shape index (κ1) is 21.6. The number of carbonyl (C=O) groups excluding carboxylic acids is 1. The van der Waals surface area contributed by atoms with Gasteiger partial charge >= 0.3 is 6.18 Å². The Kier molecular flexibility index (Phi) is 6.82. The second-order valence-corrected chi connectivity index (χ2v) is 7.51. The first-order valence-electron chi connectivity index (χ1n) is 9.29. The second kappa shape index (κ2) is 9.15. The van der Waals surface area contributed by atoms with Gasteiger partial charge in [-0.25, -0.2) is 0 Å². The highest BCUT2D eigenvalue weighted by atomic mass is 35.5. The van der Waals surface area contributed by atoms with E-state index in [1.807, 2.05) is 12.1 Å². The number of hydrogen-bond acceptors (Lipinski definition) is 3. The third-order valence-corrected chi connectivity index (χ3v) is 5.32. The van der Waals surface area contributed by atoms with E-state index in [1.165, 1.54) is 6.07 Å². The molecule has 1 aliphatic heterocycles. The van der Waals surface area contributed by atoms with E-state index in [4.69, 9.17) is 16.3 Å². The summed E-state index contributed by atoms with van der Waals surface area (Å²) in [5, 5.41) is 2.18. The lowest BCUT2D eigenvalue weighted by Gasteiger charge is -2.31. The molecule has 3 rings (SSSR count). The van der Waals surface area contributed by atoms with Crippen LogP contribution >= 0.6 is 11.6 Å². The summed E-state index contributed by atoms with van der Waals surface area (Å²) in [6.07, 6.45) is -2.61. The maximum atomic E-state index is 13.0. The molecule has 29 heavy (non-hydrogen) atoms. The van der Waals surface area contributed by atoms with Gasteiger partial charge in [0.15, 0.2) is 0 Å². The summed E-state index contributed by atoms with van der Waals surface area (Å²) in [7, 11) is 2.07. The van der Waals surface area contributed by atoms with Crippen LogP contribution in [0.4, 0.5) is 18.9 Å². The number of hydrogen-bond donors (Lipinski definition) is 1. The van der Waals surface area contributed by atoms with E-state index in [1.54, 1.807) is 12.1 Å². The Morgan fingerprint density at radius 3 is 2.45 bits per heavy atom. The van der Waals surface area contributed by atoms with Gasteiger partial charge in [0.05, 0.1) is 10.6 Å². The van der Waals surface area contributed by atoms with Crippen LogP contribution in [0.25, 0.3) is 0 Å². The Morgan fingerprint density at radius 1 is 1.17 bits per heavy atom. The fourth-order valence-electron chi connectivity index (χ4n) is 3.32. The van der Waals surface area contributed by atoms with Crippen molar-refractivity contribution >= 4 is 23.2 Å². The molecule has 0 spiro atoms. The summed E-state index contributed by atoms with van der Waals surface area (Å²) in [5.41, 5.74) is 0.460. The number of nitrogens with zero attached hydrogens (tertiary/aromatic N) is 1. The largest absolute Gasteiger partial charge is 0.417 e. The predicted octanol–water partition coefficient (Wildman–Crippen LogP) is 5.22. The predicted molar refractivity (Wildman–Crippen MR) is 106 cm³/mol. The Labute approximate surface area is 172 Å². The molecule has 1 amide bonds. The van der Waals surface area contributed by atoms with Gasteiger partial charge in [0.1, 0.15) is 0 Å². The van der Waals surface area contributed by atoms with E-state index >= 15 is 0 Å². The SMILES string of the molecule is CN(Cc1ccc(NC(=O)c2ccc(Cl)c(C(F)(F)F)c2)cc1)C1CCOCC1. The van der Waals surface area contributed by atoms with Crippen LogP contribution in [0.2, 0.25) is 5.02 Å². The first-order valence-corrected chi connectivity index (χ1v) is 9.67. The molecule has 156 valence electrons. The van der Waals surface area contributed by atoms with Gasteiger partial charge in [-0.05, 0) is 55.8 Å². The highest BCUT2D eigenvalue weighted by molar-refractivity contribution is 6.31. The van der Waals surface area contributed by atoms with Gasteiger partial charge in [0.2, 0.25) is 0 Å². The Morgan fingerprint density at radius 2 is 1.83 bits per heavy atom. The highest BCUT2D eigenvalue weighted by Crippen LogP contribution is 2.35. The molecule has 1 N–H and O–H groups in total. The van der Waals surface area contributed by atoms with Gasteiger partial charge in [-0.3, -0.25) is 9.69 Å². The van der Waals surface area contributed by atoms with Gasteiger partial charge in [-0.2, -0.15) is 13.2 Å². The van der Waals surface area contributed by atoms with Crippen molar-refractivity contribution in [1.82, 2.24) is 4.90 Å². The normalized spacial score (nSPS) is 15.5. The molecule has 0 bridgehead atoms. The molecular formula is C21H22ClF3N2O2. The third-order valence-electron chi connectivity index (χ3n) is 4.99. The van der Waals surface area contributed by atoms with Crippen LogP contribution in [0.3, 0.4) is 0 Å². The van der Waals surface area contributed by atoms with Crippen molar-refractivity contribution in [1.29, 1.82) is 0 Å². The maximum Gasteiger partial charge on any atom is 0.417 e. The molecule has 1 aliphatic rings. The Hall–Kier alpha value is -2.09. The number of ether oxygens (including phenoxy) is 1. The Bertz CT molecular complexity index is 850. The molecule has 1 fully saturated rings. The molecule has 0 aliphatic carbocycles. The summed E-state index contributed by atoms with van der Waals surface area (Å²) in [6, 6.07) is 10.9. The van der Waals surface area contributed by atoms with Crippen molar-refractivity contribution in [3.63, 3.8) is 0 Å². The van der Waals surface area contributed by atoms with Gasteiger partial charge in [0, 0.05) is 37.1 Å². The summed E-state index contributed by atoms with van der Waals surface area (Å²) in [5.74, 6) is -0.626. The van der Waals surface area contributed by atoms with Crippen molar-refractivity contribution in [2.45, 2.75) is 31.6 Å². The molecule has 0 aromatic heterocycles. The third kappa shape index (κ3) is 5.72. The zero-order chi connectivity index (χ0) is 21.0. The van der Waals surface area contributed by atoms with Crippen LogP contribution in [-0.2, 0) is 17.5 Å². The van der Waals surface area contributed by atoms with E-state index in [-0.39, 0.29) is 5.56 Å². The van der Waals surface area contributed by atoms with Crippen LogP contribution in [0.15, 0.2) is 42.5 Å². The zero-order valence-electron chi connectivity index (χ0n) is 15.9. The van der Waals surface area contributed by atoms with Crippen LogP contribution < -0.4 is 5.32 Å². The number of halogens is 4. The molecule has 0 saturated carbocycles. The number of amides is 1. The van der Waals surface area contributed by atoms with Crippen molar-refractivity contribution in [2.75, 3.05) is 25.6 Å². The molecule has 0 radical (unpaired) electrons. The molecule has 8 heteroatoms. The van der Waals surface area contributed by atoms with Crippen LogP contribution in [0.1, 0.15) is 34.3 Å². The van der Waals surface area contributed by atoms with E-state index in [0.717, 1.165) is 50.3 Å². The summed E-state index contributed by atoms with van der Waals surface area (Å²) >= 11 is 5.60.